The first-order valence-corrected chi connectivity index (χ1v) is 9.34. The Balaban J connectivity index is 1.67. The second kappa shape index (κ2) is 7.14. The summed E-state index contributed by atoms with van der Waals surface area (Å²) in [6.07, 6.45) is 4.98. The average Bonchev–Trinajstić information content (AvgIpc) is 3.45. The van der Waals surface area contributed by atoms with Gasteiger partial charge < -0.3 is 13.4 Å². The fourth-order valence-corrected chi connectivity index (χ4v) is 3.83. The van der Waals surface area contributed by atoms with Crippen LogP contribution in [0.2, 0.25) is 0 Å². The molecule has 0 radical (unpaired) electrons. The molecule has 27 heavy (non-hydrogen) atoms. The summed E-state index contributed by atoms with van der Waals surface area (Å²) in [6, 6.07) is 11.8. The maximum atomic E-state index is 9.50. The summed E-state index contributed by atoms with van der Waals surface area (Å²) in [5, 5.41) is 12.2. The molecule has 0 aliphatic heterocycles. The molecule has 134 valence electrons. The topological polar surface area (TPSA) is 67.9 Å². The molecule has 4 aromatic heterocycles. The van der Waals surface area contributed by atoms with E-state index in [0.717, 1.165) is 28.4 Å². The highest BCUT2D eigenvalue weighted by Gasteiger charge is 2.16. The van der Waals surface area contributed by atoms with Gasteiger partial charge in [-0.05, 0) is 44.2 Å². The summed E-state index contributed by atoms with van der Waals surface area (Å²) < 4.78 is 13.0. The lowest BCUT2D eigenvalue weighted by Crippen LogP contribution is -2.02. The second-order valence-corrected chi connectivity index (χ2v) is 7.03. The number of aromatic nitrogens is 2. The molecule has 4 rings (SSSR count). The van der Waals surface area contributed by atoms with Crippen molar-refractivity contribution in [1.29, 1.82) is 5.26 Å². The van der Waals surface area contributed by atoms with Gasteiger partial charge in [-0.3, -0.25) is 0 Å². The lowest BCUT2D eigenvalue weighted by Gasteiger charge is -2.07. The molecular formula is C21H17N3O2S. The minimum Gasteiger partial charge on any atom is -0.467 e. The van der Waals surface area contributed by atoms with E-state index < -0.39 is 0 Å². The van der Waals surface area contributed by atoms with Gasteiger partial charge in [0, 0.05) is 28.4 Å². The van der Waals surface area contributed by atoms with E-state index in [1.54, 1.807) is 24.7 Å². The predicted molar refractivity (Wildman–Crippen MR) is 105 cm³/mol. The largest absolute Gasteiger partial charge is 0.467 e. The first kappa shape index (κ1) is 17.1. The van der Waals surface area contributed by atoms with Gasteiger partial charge in [0.15, 0.2) is 0 Å². The SMILES string of the molecule is Cc1cc(-c2csc(/C(C#N)=C/c3ccco3)n2)c(C)n1Cc1ccco1. The molecule has 4 heterocycles. The zero-order valence-electron chi connectivity index (χ0n) is 15.0. The Morgan fingerprint density at radius 3 is 2.78 bits per heavy atom. The number of nitrogens with zero attached hydrogens (tertiary/aromatic N) is 3. The van der Waals surface area contributed by atoms with Crippen LogP contribution >= 0.6 is 11.3 Å². The van der Waals surface area contributed by atoms with Crippen LogP contribution in [0.25, 0.3) is 22.9 Å². The number of thiazole rings is 1. The molecule has 0 saturated carbocycles. The molecule has 4 aromatic rings. The summed E-state index contributed by atoms with van der Waals surface area (Å²) in [6.45, 7) is 4.84. The number of rotatable bonds is 5. The van der Waals surface area contributed by atoms with Crippen molar-refractivity contribution < 1.29 is 8.83 Å². The fraction of sp³-hybridized carbons (Fsp3) is 0.143. The van der Waals surface area contributed by atoms with Crippen LogP contribution in [0.5, 0.6) is 0 Å². The molecule has 0 unspecified atom stereocenters. The van der Waals surface area contributed by atoms with Crippen LogP contribution in [0.4, 0.5) is 0 Å². The van der Waals surface area contributed by atoms with Gasteiger partial charge in [0.25, 0.3) is 0 Å². The molecule has 0 spiro atoms. The maximum Gasteiger partial charge on any atom is 0.134 e. The molecule has 6 heteroatoms. The van der Waals surface area contributed by atoms with Crippen molar-refractivity contribution in [3.8, 4) is 17.3 Å². The molecule has 0 N–H and O–H groups in total. The summed E-state index contributed by atoms with van der Waals surface area (Å²) in [7, 11) is 0. The van der Waals surface area contributed by atoms with Crippen LogP contribution in [0.1, 0.15) is 27.9 Å². The minimum atomic E-state index is 0.491. The Hall–Kier alpha value is -3.30. The number of aryl methyl sites for hydroxylation is 1. The summed E-state index contributed by atoms with van der Waals surface area (Å²) in [4.78, 5) is 4.69. The smallest absolute Gasteiger partial charge is 0.134 e. The summed E-state index contributed by atoms with van der Waals surface area (Å²) in [5.74, 6) is 1.55. The van der Waals surface area contributed by atoms with Gasteiger partial charge in [0.2, 0.25) is 0 Å². The van der Waals surface area contributed by atoms with E-state index in [1.807, 2.05) is 23.6 Å². The van der Waals surface area contributed by atoms with Crippen LogP contribution in [0, 0.1) is 25.2 Å². The van der Waals surface area contributed by atoms with Crippen molar-refractivity contribution in [3.63, 3.8) is 0 Å². The Labute approximate surface area is 160 Å². The summed E-state index contributed by atoms with van der Waals surface area (Å²) >= 11 is 1.46. The first-order valence-electron chi connectivity index (χ1n) is 8.46. The van der Waals surface area contributed by atoms with Gasteiger partial charge in [-0.15, -0.1) is 11.3 Å². The standard InChI is InChI=1S/C21H17N3O2S/c1-14-9-19(15(2)24(14)12-18-6-4-8-26-18)20-13-27-21(23-20)16(11-22)10-17-5-3-7-25-17/h3-10,13H,12H2,1-2H3/b16-10+. The Morgan fingerprint density at radius 2 is 2.07 bits per heavy atom. The monoisotopic (exact) mass is 375 g/mol. The highest BCUT2D eigenvalue weighted by atomic mass is 32.1. The summed E-state index contributed by atoms with van der Waals surface area (Å²) in [5.41, 5.74) is 4.69. The second-order valence-electron chi connectivity index (χ2n) is 6.17. The molecular weight excluding hydrogens is 358 g/mol. The van der Waals surface area contributed by atoms with E-state index in [2.05, 4.69) is 30.6 Å². The lowest BCUT2D eigenvalue weighted by atomic mass is 10.2. The Bertz CT molecular complexity index is 1120. The molecule has 0 aliphatic carbocycles. The van der Waals surface area contributed by atoms with Crippen molar-refractivity contribution in [2.45, 2.75) is 20.4 Å². The Kier molecular flexibility index (Phi) is 4.53. The van der Waals surface area contributed by atoms with E-state index in [9.17, 15) is 5.26 Å². The van der Waals surface area contributed by atoms with E-state index in [0.29, 0.717) is 22.9 Å². The highest BCUT2D eigenvalue weighted by Crippen LogP contribution is 2.31. The zero-order valence-corrected chi connectivity index (χ0v) is 15.8. The van der Waals surface area contributed by atoms with Gasteiger partial charge in [0.05, 0.1) is 30.3 Å². The molecule has 0 aliphatic rings. The van der Waals surface area contributed by atoms with Crippen molar-refractivity contribution >= 4 is 23.0 Å². The van der Waals surface area contributed by atoms with E-state index in [-0.39, 0.29) is 0 Å². The van der Waals surface area contributed by atoms with Crippen molar-refractivity contribution in [2.24, 2.45) is 0 Å². The third kappa shape index (κ3) is 3.37. The van der Waals surface area contributed by atoms with Crippen molar-refractivity contribution in [2.75, 3.05) is 0 Å². The van der Waals surface area contributed by atoms with Crippen LogP contribution in [-0.2, 0) is 6.54 Å². The minimum absolute atomic E-state index is 0.491. The Morgan fingerprint density at radius 1 is 1.26 bits per heavy atom. The lowest BCUT2D eigenvalue weighted by molar-refractivity contribution is 0.489. The molecule has 0 fully saturated rings. The molecule has 0 bridgehead atoms. The van der Waals surface area contributed by atoms with Crippen LogP contribution < -0.4 is 0 Å². The number of nitriles is 1. The number of hydrogen-bond donors (Lipinski definition) is 0. The average molecular weight is 375 g/mol. The van der Waals surface area contributed by atoms with Gasteiger partial charge in [-0.25, -0.2) is 4.98 Å². The maximum absolute atomic E-state index is 9.50. The van der Waals surface area contributed by atoms with Crippen molar-refractivity contribution in [3.05, 3.63) is 76.2 Å². The van der Waals surface area contributed by atoms with Crippen LogP contribution in [0.3, 0.4) is 0 Å². The third-order valence-corrected chi connectivity index (χ3v) is 5.30. The molecule has 0 amide bonds. The molecule has 5 nitrogen and oxygen atoms in total. The first-order chi connectivity index (χ1) is 13.2. The van der Waals surface area contributed by atoms with E-state index >= 15 is 0 Å². The van der Waals surface area contributed by atoms with Gasteiger partial charge in [-0.1, -0.05) is 0 Å². The van der Waals surface area contributed by atoms with Gasteiger partial charge in [0.1, 0.15) is 22.6 Å². The van der Waals surface area contributed by atoms with Crippen LogP contribution in [0.15, 0.2) is 57.1 Å². The molecule has 0 saturated heterocycles. The van der Waals surface area contributed by atoms with E-state index in [4.69, 9.17) is 13.8 Å². The zero-order chi connectivity index (χ0) is 18.8. The van der Waals surface area contributed by atoms with E-state index in [1.165, 1.54) is 11.3 Å². The molecule has 0 atom stereocenters. The van der Waals surface area contributed by atoms with Crippen molar-refractivity contribution in [1.82, 2.24) is 9.55 Å². The van der Waals surface area contributed by atoms with Crippen LogP contribution in [-0.4, -0.2) is 9.55 Å². The number of allylic oxidation sites excluding steroid dienone is 1. The molecule has 0 aromatic carbocycles. The quantitative estimate of drug-likeness (QED) is 0.430. The predicted octanol–water partition coefficient (Wildman–Crippen LogP) is 5.53. The number of furan rings is 2. The van der Waals surface area contributed by atoms with Gasteiger partial charge in [-0.2, -0.15) is 5.26 Å². The third-order valence-electron chi connectivity index (χ3n) is 4.43. The normalized spacial score (nSPS) is 11.7. The van der Waals surface area contributed by atoms with Gasteiger partial charge >= 0.3 is 0 Å². The number of hydrogen-bond acceptors (Lipinski definition) is 5. The fourth-order valence-electron chi connectivity index (χ4n) is 3.04. The highest BCUT2D eigenvalue weighted by molar-refractivity contribution is 7.11.